The van der Waals surface area contributed by atoms with Crippen LogP contribution in [0.1, 0.15) is 56.6 Å². The summed E-state index contributed by atoms with van der Waals surface area (Å²) in [5.41, 5.74) is 1.02. The van der Waals surface area contributed by atoms with Crippen molar-refractivity contribution in [2.24, 2.45) is 11.8 Å². The average molecular weight is 540 g/mol. The number of amides is 3. The van der Waals surface area contributed by atoms with Crippen molar-refractivity contribution in [3.05, 3.63) is 47.3 Å². The molecule has 9 heteroatoms. The van der Waals surface area contributed by atoms with Gasteiger partial charge in [0.1, 0.15) is 18.2 Å². The standard InChI is InChI=1S/C29H37N3O5S/c1-17(2)14-20(30-27(35)25-11-10-24(38-25)19-8-6-5-7-9-19)28(36)31-13-12-21-26(31)23(34)16-32(21)29(37)22(33)15-18(3)4/h5-11,17-18,20-22,26,33H,12-16H2,1-4H3,(H,30,35). The number of thiophene rings is 1. The first-order chi connectivity index (χ1) is 18.1. The number of ketones is 1. The maximum Gasteiger partial charge on any atom is 0.262 e. The third-order valence-corrected chi connectivity index (χ3v) is 8.30. The number of aliphatic hydroxyl groups is 1. The zero-order valence-corrected chi connectivity index (χ0v) is 23.2. The number of nitrogens with one attached hydrogen (secondary N) is 1. The van der Waals surface area contributed by atoms with Gasteiger partial charge in [-0.3, -0.25) is 19.2 Å². The lowest BCUT2D eigenvalue weighted by molar-refractivity contribution is -0.142. The van der Waals surface area contributed by atoms with Gasteiger partial charge < -0.3 is 20.2 Å². The van der Waals surface area contributed by atoms with Crippen molar-refractivity contribution in [2.75, 3.05) is 13.1 Å². The summed E-state index contributed by atoms with van der Waals surface area (Å²) in [6, 6.07) is 11.5. The topological polar surface area (TPSA) is 107 Å². The van der Waals surface area contributed by atoms with Gasteiger partial charge in [-0.05, 0) is 48.8 Å². The number of hydrogen-bond donors (Lipinski definition) is 2. The first kappa shape index (κ1) is 28.0. The fourth-order valence-corrected chi connectivity index (χ4v) is 6.35. The van der Waals surface area contributed by atoms with Crippen molar-refractivity contribution in [3.63, 3.8) is 0 Å². The maximum absolute atomic E-state index is 13.7. The molecule has 2 N–H and O–H groups in total. The average Bonchev–Trinajstić information content (AvgIpc) is 3.60. The van der Waals surface area contributed by atoms with Crippen molar-refractivity contribution in [3.8, 4) is 10.4 Å². The van der Waals surface area contributed by atoms with Crippen LogP contribution in [0.5, 0.6) is 0 Å². The Morgan fingerprint density at radius 3 is 2.32 bits per heavy atom. The molecule has 4 rings (SSSR count). The highest BCUT2D eigenvalue weighted by atomic mass is 32.1. The van der Waals surface area contributed by atoms with Crippen LogP contribution >= 0.6 is 11.3 Å². The third-order valence-electron chi connectivity index (χ3n) is 7.17. The molecule has 1 aromatic carbocycles. The summed E-state index contributed by atoms with van der Waals surface area (Å²) in [6.45, 7) is 8.03. The van der Waals surface area contributed by atoms with Gasteiger partial charge in [0.2, 0.25) is 5.91 Å². The molecular weight excluding hydrogens is 502 g/mol. The van der Waals surface area contributed by atoms with Crippen molar-refractivity contribution in [1.29, 1.82) is 0 Å². The molecule has 0 aliphatic carbocycles. The van der Waals surface area contributed by atoms with Crippen LogP contribution in [-0.2, 0) is 14.4 Å². The minimum atomic E-state index is -1.16. The molecule has 2 fully saturated rings. The zero-order valence-electron chi connectivity index (χ0n) is 22.4. The highest BCUT2D eigenvalue weighted by Gasteiger charge is 2.52. The van der Waals surface area contributed by atoms with Gasteiger partial charge in [0.25, 0.3) is 11.8 Å². The van der Waals surface area contributed by atoms with Gasteiger partial charge in [0, 0.05) is 11.4 Å². The minimum absolute atomic E-state index is 0.105. The molecule has 4 unspecified atom stereocenters. The van der Waals surface area contributed by atoms with E-state index in [0.29, 0.717) is 30.7 Å². The lowest BCUT2D eigenvalue weighted by Gasteiger charge is -2.29. The Kier molecular flexibility index (Phi) is 8.67. The first-order valence-corrected chi connectivity index (χ1v) is 14.2. The molecule has 2 aliphatic heterocycles. The Morgan fingerprint density at radius 1 is 0.974 bits per heavy atom. The minimum Gasteiger partial charge on any atom is -0.383 e. The summed E-state index contributed by atoms with van der Waals surface area (Å²) in [6.07, 6.45) is 0.0571. The molecule has 0 bridgehead atoms. The fourth-order valence-electron chi connectivity index (χ4n) is 5.44. The second-order valence-corrected chi connectivity index (χ2v) is 12.2. The van der Waals surface area contributed by atoms with Gasteiger partial charge in [-0.15, -0.1) is 11.3 Å². The Labute approximate surface area is 228 Å². The number of Topliss-reactive ketones (excluding diaryl/α,β-unsaturated/α-hetero) is 1. The second kappa shape index (κ2) is 11.8. The van der Waals surface area contributed by atoms with Crippen LogP contribution in [0.4, 0.5) is 0 Å². The number of hydrogen-bond acceptors (Lipinski definition) is 6. The molecule has 2 aliphatic rings. The molecule has 0 radical (unpaired) electrons. The van der Waals surface area contributed by atoms with Gasteiger partial charge >= 0.3 is 0 Å². The van der Waals surface area contributed by atoms with Crippen molar-refractivity contribution in [1.82, 2.24) is 15.1 Å². The van der Waals surface area contributed by atoms with Gasteiger partial charge in [0.05, 0.1) is 17.5 Å². The van der Waals surface area contributed by atoms with Crippen LogP contribution < -0.4 is 5.32 Å². The smallest absolute Gasteiger partial charge is 0.262 e. The largest absolute Gasteiger partial charge is 0.383 e. The SMILES string of the molecule is CC(C)CC(O)C(=O)N1CC(=O)C2C1CCN2C(=O)C(CC(C)C)NC(=O)c1ccc(-c2ccccc2)s1. The Hall–Kier alpha value is -3.04. The Morgan fingerprint density at radius 2 is 1.66 bits per heavy atom. The highest BCUT2D eigenvalue weighted by Crippen LogP contribution is 2.32. The summed E-state index contributed by atoms with van der Waals surface area (Å²) in [5.74, 6) is -1.01. The van der Waals surface area contributed by atoms with Crippen molar-refractivity contribution >= 4 is 34.8 Å². The lowest BCUT2D eigenvalue weighted by Crippen LogP contribution is -2.53. The number of fused-ring (bicyclic) bond motifs is 1. The van der Waals surface area contributed by atoms with Crippen LogP contribution in [0.3, 0.4) is 0 Å². The van der Waals surface area contributed by atoms with E-state index in [1.165, 1.54) is 21.1 Å². The summed E-state index contributed by atoms with van der Waals surface area (Å²) in [5, 5.41) is 13.3. The monoisotopic (exact) mass is 539 g/mol. The quantitative estimate of drug-likeness (QED) is 0.508. The van der Waals surface area contributed by atoms with Gasteiger partial charge in [-0.1, -0.05) is 58.0 Å². The molecule has 204 valence electrons. The van der Waals surface area contributed by atoms with E-state index >= 15 is 0 Å². The second-order valence-electron chi connectivity index (χ2n) is 11.1. The summed E-state index contributed by atoms with van der Waals surface area (Å²) >= 11 is 1.37. The van der Waals surface area contributed by atoms with E-state index in [4.69, 9.17) is 0 Å². The number of likely N-dealkylation sites (tertiary alicyclic amines) is 2. The molecule has 2 aromatic rings. The van der Waals surface area contributed by atoms with Gasteiger partial charge in [-0.25, -0.2) is 0 Å². The molecule has 38 heavy (non-hydrogen) atoms. The summed E-state index contributed by atoms with van der Waals surface area (Å²) in [7, 11) is 0. The number of nitrogens with zero attached hydrogens (tertiary/aromatic N) is 2. The van der Waals surface area contributed by atoms with E-state index in [1.54, 1.807) is 6.07 Å². The van der Waals surface area contributed by atoms with Crippen LogP contribution in [0.25, 0.3) is 10.4 Å². The number of carbonyl (C=O) groups excluding carboxylic acids is 4. The van der Waals surface area contributed by atoms with E-state index in [1.807, 2.05) is 64.1 Å². The number of rotatable bonds is 9. The molecule has 3 heterocycles. The van der Waals surface area contributed by atoms with Gasteiger partial charge in [-0.2, -0.15) is 0 Å². The maximum atomic E-state index is 13.7. The fraction of sp³-hybridized carbons (Fsp3) is 0.517. The van der Waals surface area contributed by atoms with Crippen molar-refractivity contribution < 1.29 is 24.3 Å². The lowest BCUT2D eigenvalue weighted by atomic mass is 10.0. The number of benzene rings is 1. The molecular formula is C29H37N3O5S. The molecule has 2 saturated heterocycles. The summed E-state index contributed by atoms with van der Waals surface area (Å²) < 4.78 is 0. The molecule has 1 aromatic heterocycles. The first-order valence-electron chi connectivity index (χ1n) is 13.3. The van der Waals surface area contributed by atoms with Crippen LogP contribution in [-0.4, -0.2) is 75.7 Å². The van der Waals surface area contributed by atoms with E-state index in [-0.39, 0.29) is 36.0 Å². The van der Waals surface area contributed by atoms with E-state index in [0.717, 1.165) is 10.4 Å². The van der Waals surface area contributed by atoms with E-state index in [9.17, 15) is 24.3 Å². The van der Waals surface area contributed by atoms with Crippen LogP contribution in [0, 0.1) is 11.8 Å². The molecule has 0 spiro atoms. The van der Waals surface area contributed by atoms with Crippen LogP contribution in [0.15, 0.2) is 42.5 Å². The number of carbonyl (C=O) groups is 4. The van der Waals surface area contributed by atoms with E-state index in [2.05, 4.69) is 5.32 Å². The molecule has 8 nitrogen and oxygen atoms in total. The summed E-state index contributed by atoms with van der Waals surface area (Å²) in [4.78, 5) is 57.3. The molecule has 4 atom stereocenters. The van der Waals surface area contributed by atoms with Crippen molar-refractivity contribution in [2.45, 2.75) is 71.2 Å². The highest BCUT2D eigenvalue weighted by molar-refractivity contribution is 7.17. The Balaban J connectivity index is 1.47. The number of aliphatic hydroxyl groups excluding tert-OH is 1. The zero-order chi connectivity index (χ0) is 27.6. The predicted octanol–water partition coefficient (Wildman–Crippen LogP) is 3.35. The normalized spacial score (nSPS) is 20.7. The predicted molar refractivity (Wildman–Crippen MR) is 147 cm³/mol. The molecule has 0 saturated carbocycles. The third kappa shape index (κ3) is 5.99. The molecule has 3 amide bonds. The van der Waals surface area contributed by atoms with Gasteiger partial charge in [0.15, 0.2) is 5.78 Å². The Bertz CT molecular complexity index is 1180. The van der Waals surface area contributed by atoms with Crippen LogP contribution in [0.2, 0.25) is 0 Å². The van der Waals surface area contributed by atoms with E-state index < -0.39 is 30.1 Å².